The molecule has 0 heterocycles. The van der Waals surface area contributed by atoms with E-state index in [1.54, 1.807) is 0 Å². The molecule has 0 amide bonds. The molecule has 0 atom stereocenters. The quantitative estimate of drug-likeness (QED) is 0.638. The number of hydrogen-bond acceptors (Lipinski definition) is 3. The van der Waals surface area contributed by atoms with Gasteiger partial charge in [-0.1, -0.05) is 40.3 Å². The van der Waals surface area contributed by atoms with Crippen molar-refractivity contribution in [1.82, 2.24) is 0 Å². The van der Waals surface area contributed by atoms with Gasteiger partial charge in [-0.05, 0) is 36.4 Å². The minimum Gasteiger partial charge on any atom is -0.490 e. The largest absolute Gasteiger partial charge is 0.490 e. The lowest BCUT2D eigenvalue weighted by Crippen LogP contribution is -2.11. The number of benzene rings is 2. The van der Waals surface area contributed by atoms with E-state index in [1.165, 1.54) is 0 Å². The van der Waals surface area contributed by atoms with Crippen molar-refractivity contribution in [1.29, 1.82) is 0 Å². The van der Waals surface area contributed by atoms with Crippen molar-refractivity contribution in [2.45, 2.75) is 0 Å². The summed E-state index contributed by atoms with van der Waals surface area (Å²) in [5, 5.41) is 0. The van der Waals surface area contributed by atoms with Crippen LogP contribution in [0.5, 0.6) is 11.5 Å². The lowest BCUT2D eigenvalue weighted by Gasteiger charge is -2.09. The summed E-state index contributed by atoms with van der Waals surface area (Å²) in [5.41, 5.74) is 6.37. The summed E-state index contributed by atoms with van der Waals surface area (Å²) in [6.45, 7) is 0.926. The van der Waals surface area contributed by atoms with E-state index in [-0.39, 0.29) is 0 Å². The summed E-state index contributed by atoms with van der Waals surface area (Å²) < 4.78 is 12.2. The van der Waals surface area contributed by atoms with Crippen LogP contribution in [0.3, 0.4) is 0 Å². The molecule has 2 aromatic rings. The molecule has 20 heavy (non-hydrogen) atoms. The normalized spacial score (nSPS) is 10.1. The Morgan fingerprint density at radius 2 is 1.65 bits per heavy atom. The summed E-state index contributed by atoms with van der Waals surface area (Å²) in [6.07, 6.45) is 0. The fourth-order valence-electron chi connectivity index (χ4n) is 1.59. The maximum absolute atomic E-state index is 5.59. The molecule has 2 N–H and O–H groups in total. The third kappa shape index (κ3) is 4.51. The van der Waals surface area contributed by atoms with Crippen LogP contribution in [-0.4, -0.2) is 18.2 Å². The smallest absolute Gasteiger partial charge is 0.122 e. The maximum Gasteiger partial charge on any atom is 0.122 e. The molecule has 0 aliphatic heterocycles. The van der Waals surface area contributed by atoms with Gasteiger partial charge >= 0.3 is 0 Å². The zero-order valence-electron chi connectivity index (χ0n) is 10.7. The number of halogens is 1. The minimum absolute atomic E-state index is 0.363. The summed E-state index contributed by atoms with van der Waals surface area (Å²) in [5.74, 6) is 1.54. The van der Waals surface area contributed by atoms with Crippen LogP contribution < -0.4 is 15.2 Å². The Hall–Kier alpha value is -1.59. The van der Waals surface area contributed by atoms with Gasteiger partial charge in [0.2, 0.25) is 0 Å². The molecule has 0 aromatic heterocycles. The van der Waals surface area contributed by atoms with E-state index < -0.39 is 0 Å². The minimum atomic E-state index is 0.363. The highest BCUT2D eigenvalue weighted by Gasteiger charge is 1.99. The third-order valence-corrected chi connectivity index (χ3v) is 3.32. The second-order valence-electron chi connectivity index (χ2n) is 4.04. The van der Waals surface area contributed by atoms with E-state index in [2.05, 4.69) is 15.9 Å². The first-order valence-electron chi connectivity index (χ1n) is 6.06. The van der Waals surface area contributed by atoms with Crippen molar-refractivity contribution in [2.24, 2.45) is 5.73 Å². The fraction of sp³-hybridized carbons (Fsp3) is 0.133. The van der Waals surface area contributed by atoms with Gasteiger partial charge in [-0.3, -0.25) is 0 Å². The van der Waals surface area contributed by atoms with Crippen LogP contribution in [0.4, 0.5) is 0 Å². The van der Waals surface area contributed by atoms with E-state index in [0.717, 1.165) is 21.5 Å². The highest BCUT2D eigenvalue weighted by atomic mass is 79.9. The molecule has 0 saturated heterocycles. The van der Waals surface area contributed by atoms with Gasteiger partial charge in [-0.2, -0.15) is 0 Å². The maximum atomic E-state index is 5.59. The molecular formula is C15H14BrNO2S. The first-order chi connectivity index (χ1) is 9.65. The second-order valence-corrected chi connectivity index (χ2v) is 5.40. The summed E-state index contributed by atoms with van der Waals surface area (Å²) in [6, 6.07) is 15.1. The molecule has 0 bridgehead atoms. The van der Waals surface area contributed by atoms with Crippen LogP contribution >= 0.6 is 28.1 Å². The van der Waals surface area contributed by atoms with E-state index >= 15 is 0 Å². The standard InChI is InChI=1S/C15H14BrNO2S/c16-12-4-6-13(7-5-12)18-8-9-19-14-3-1-2-11(10-14)15(17)20/h1-7,10H,8-9H2,(H2,17,20). The first kappa shape index (κ1) is 14.8. The molecule has 2 rings (SSSR count). The summed E-state index contributed by atoms with van der Waals surface area (Å²) in [4.78, 5) is 0.363. The number of nitrogens with two attached hydrogens (primary N) is 1. The Balaban J connectivity index is 1.79. The Morgan fingerprint density at radius 3 is 2.30 bits per heavy atom. The van der Waals surface area contributed by atoms with Crippen molar-refractivity contribution in [2.75, 3.05) is 13.2 Å². The van der Waals surface area contributed by atoms with Crippen LogP contribution in [0.2, 0.25) is 0 Å². The van der Waals surface area contributed by atoms with E-state index in [1.807, 2.05) is 48.5 Å². The van der Waals surface area contributed by atoms with Crippen molar-refractivity contribution in [3.63, 3.8) is 0 Å². The molecule has 0 fully saturated rings. The molecule has 104 valence electrons. The van der Waals surface area contributed by atoms with Gasteiger partial charge in [-0.25, -0.2) is 0 Å². The van der Waals surface area contributed by atoms with E-state index in [9.17, 15) is 0 Å². The molecule has 0 saturated carbocycles. The number of ether oxygens (including phenoxy) is 2. The van der Waals surface area contributed by atoms with Crippen molar-refractivity contribution < 1.29 is 9.47 Å². The Morgan fingerprint density at radius 1 is 1.00 bits per heavy atom. The Kier molecular flexibility index (Phi) is 5.38. The average molecular weight is 352 g/mol. The van der Waals surface area contributed by atoms with Crippen molar-refractivity contribution in [3.8, 4) is 11.5 Å². The van der Waals surface area contributed by atoms with Crippen LogP contribution in [-0.2, 0) is 0 Å². The Labute approximate surface area is 131 Å². The zero-order valence-corrected chi connectivity index (χ0v) is 13.1. The summed E-state index contributed by atoms with van der Waals surface area (Å²) >= 11 is 8.30. The number of hydrogen-bond donors (Lipinski definition) is 1. The molecule has 0 unspecified atom stereocenters. The van der Waals surface area contributed by atoms with Crippen LogP contribution in [0.25, 0.3) is 0 Å². The van der Waals surface area contributed by atoms with Gasteiger partial charge in [-0.15, -0.1) is 0 Å². The van der Waals surface area contributed by atoms with Crippen LogP contribution in [0.1, 0.15) is 5.56 Å². The van der Waals surface area contributed by atoms with Gasteiger partial charge in [0, 0.05) is 10.0 Å². The molecule has 0 aliphatic carbocycles. The molecular weight excluding hydrogens is 338 g/mol. The zero-order chi connectivity index (χ0) is 14.4. The van der Waals surface area contributed by atoms with Crippen LogP contribution in [0.15, 0.2) is 53.0 Å². The van der Waals surface area contributed by atoms with E-state index in [4.69, 9.17) is 27.4 Å². The molecule has 0 spiro atoms. The fourth-order valence-corrected chi connectivity index (χ4v) is 1.98. The van der Waals surface area contributed by atoms with Gasteiger partial charge in [0.15, 0.2) is 0 Å². The number of rotatable bonds is 6. The molecule has 0 aliphatic rings. The molecule has 0 radical (unpaired) electrons. The SMILES string of the molecule is NC(=S)c1cccc(OCCOc2ccc(Br)cc2)c1. The molecule has 3 nitrogen and oxygen atoms in total. The lowest BCUT2D eigenvalue weighted by molar-refractivity contribution is 0.217. The average Bonchev–Trinajstić information content (AvgIpc) is 2.46. The van der Waals surface area contributed by atoms with Gasteiger partial charge in [0.25, 0.3) is 0 Å². The van der Waals surface area contributed by atoms with Gasteiger partial charge in [0.05, 0.1) is 0 Å². The predicted octanol–water partition coefficient (Wildman–Crippen LogP) is 3.54. The monoisotopic (exact) mass is 351 g/mol. The van der Waals surface area contributed by atoms with Crippen molar-refractivity contribution in [3.05, 3.63) is 58.6 Å². The second kappa shape index (κ2) is 7.26. The first-order valence-corrected chi connectivity index (χ1v) is 7.26. The lowest BCUT2D eigenvalue weighted by atomic mass is 10.2. The molecule has 2 aromatic carbocycles. The highest BCUT2D eigenvalue weighted by molar-refractivity contribution is 9.10. The topological polar surface area (TPSA) is 44.5 Å². The van der Waals surface area contributed by atoms with Crippen molar-refractivity contribution >= 4 is 33.1 Å². The summed E-state index contributed by atoms with van der Waals surface area (Å²) in [7, 11) is 0. The predicted molar refractivity (Wildman–Crippen MR) is 87.5 cm³/mol. The third-order valence-electron chi connectivity index (χ3n) is 2.55. The molecule has 5 heteroatoms. The van der Waals surface area contributed by atoms with Crippen LogP contribution in [0, 0.1) is 0 Å². The van der Waals surface area contributed by atoms with Gasteiger partial charge in [0.1, 0.15) is 29.7 Å². The van der Waals surface area contributed by atoms with E-state index in [0.29, 0.717) is 18.2 Å². The highest BCUT2D eigenvalue weighted by Crippen LogP contribution is 2.16. The van der Waals surface area contributed by atoms with Gasteiger partial charge < -0.3 is 15.2 Å². The number of thiocarbonyl (C=S) groups is 1. The Bertz CT molecular complexity index is 587.